The lowest BCUT2D eigenvalue weighted by Gasteiger charge is -2.27. The molecule has 4 rings (SSSR count). The van der Waals surface area contributed by atoms with Crippen molar-refractivity contribution in [3.05, 3.63) is 41.2 Å². The van der Waals surface area contributed by atoms with Gasteiger partial charge < -0.3 is 0 Å². The summed E-state index contributed by atoms with van der Waals surface area (Å²) in [5.74, 6) is 0. The molecule has 0 N–H and O–H groups in total. The molecule has 5 nitrogen and oxygen atoms in total. The maximum Gasteiger partial charge on any atom is 0.0815 e. The molecule has 6 heteroatoms. The third-order valence-electron chi connectivity index (χ3n) is 4.34. The summed E-state index contributed by atoms with van der Waals surface area (Å²) in [4.78, 5) is 6.94. The lowest BCUT2D eigenvalue weighted by molar-refractivity contribution is 0.213. The molecule has 1 atom stereocenters. The largest absolute Gasteiger partial charge is 0.294 e. The molecule has 3 heterocycles. The quantitative estimate of drug-likeness (QED) is 0.729. The molecule has 1 aromatic carbocycles. The number of hydrogen-bond donors (Lipinski definition) is 0. The van der Waals surface area contributed by atoms with Crippen molar-refractivity contribution in [1.29, 1.82) is 0 Å². The van der Waals surface area contributed by atoms with Crippen LogP contribution in [0, 0.1) is 0 Å². The van der Waals surface area contributed by atoms with Crippen LogP contribution in [0.4, 0.5) is 0 Å². The van der Waals surface area contributed by atoms with E-state index in [1.54, 1.807) is 11.3 Å². The number of nitrogens with zero attached hydrogens (tertiary/aromatic N) is 5. The van der Waals surface area contributed by atoms with Crippen LogP contribution in [0.1, 0.15) is 24.2 Å². The normalized spacial score (nSPS) is 17.6. The molecular formula is C15H17N5S. The highest BCUT2D eigenvalue weighted by Gasteiger charge is 2.20. The zero-order valence-corrected chi connectivity index (χ0v) is 12.8. The van der Waals surface area contributed by atoms with Crippen LogP contribution in [0.15, 0.2) is 29.9 Å². The molecule has 21 heavy (non-hydrogen) atoms. The van der Waals surface area contributed by atoms with Crippen LogP contribution in [0.25, 0.3) is 10.2 Å². The van der Waals surface area contributed by atoms with Crippen LogP contribution < -0.4 is 0 Å². The number of rotatable bonds is 2. The third-order valence-corrected chi connectivity index (χ3v) is 5.15. The molecule has 3 aromatic rings. The van der Waals surface area contributed by atoms with E-state index in [0.29, 0.717) is 6.04 Å². The average molecular weight is 299 g/mol. The summed E-state index contributed by atoms with van der Waals surface area (Å²) in [5, 5.41) is 8.14. The van der Waals surface area contributed by atoms with Crippen molar-refractivity contribution in [3.8, 4) is 0 Å². The van der Waals surface area contributed by atoms with Gasteiger partial charge in [0.2, 0.25) is 0 Å². The lowest BCUT2D eigenvalue weighted by Crippen LogP contribution is -2.30. The van der Waals surface area contributed by atoms with Crippen LogP contribution in [-0.2, 0) is 13.0 Å². The van der Waals surface area contributed by atoms with E-state index < -0.39 is 0 Å². The first-order valence-corrected chi connectivity index (χ1v) is 8.14. The maximum atomic E-state index is 4.43. The van der Waals surface area contributed by atoms with E-state index in [2.05, 4.69) is 45.3 Å². The van der Waals surface area contributed by atoms with Crippen molar-refractivity contribution in [2.75, 3.05) is 13.1 Å². The van der Waals surface area contributed by atoms with Crippen LogP contribution in [0.2, 0.25) is 0 Å². The Morgan fingerprint density at radius 3 is 3.14 bits per heavy atom. The summed E-state index contributed by atoms with van der Waals surface area (Å²) in [6, 6.07) is 7.04. The minimum absolute atomic E-state index is 0.397. The van der Waals surface area contributed by atoms with E-state index in [0.717, 1.165) is 31.6 Å². The Hall–Kier alpha value is -1.79. The van der Waals surface area contributed by atoms with Crippen molar-refractivity contribution in [2.45, 2.75) is 25.9 Å². The van der Waals surface area contributed by atoms with E-state index in [-0.39, 0.29) is 0 Å². The van der Waals surface area contributed by atoms with Gasteiger partial charge in [-0.2, -0.15) is 0 Å². The highest BCUT2D eigenvalue weighted by atomic mass is 32.1. The first kappa shape index (κ1) is 12.9. The van der Waals surface area contributed by atoms with Crippen LogP contribution in [0.3, 0.4) is 0 Å². The van der Waals surface area contributed by atoms with Crippen molar-refractivity contribution in [3.63, 3.8) is 0 Å². The zero-order valence-electron chi connectivity index (χ0n) is 11.9. The summed E-state index contributed by atoms with van der Waals surface area (Å²) in [6.07, 6.45) is 2.89. The standard InChI is InChI=1S/C15H17N5S/c1-11(12-2-3-15-14(8-12)16-10-21-15)19-5-4-13-9-17-18-20(13)7-6-19/h2-3,8-11H,4-7H2,1H3. The molecule has 0 saturated heterocycles. The fourth-order valence-electron chi connectivity index (χ4n) is 2.99. The number of fused-ring (bicyclic) bond motifs is 2. The van der Waals surface area contributed by atoms with Crippen molar-refractivity contribution in [1.82, 2.24) is 24.9 Å². The summed E-state index contributed by atoms with van der Waals surface area (Å²) in [6.45, 7) is 5.24. The Bertz CT molecular complexity index is 740. The second-order valence-corrected chi connectivity index (χ2v) is 6.38. The summed E-state index contributed by atoms with van der Waals surface area (Å²) in [5.41, 5.74) is 5.60. The number of benzene rings is 1. The van der Waals surface area contributed by atoms with Crippen LogP contribution >= 0.6 is 11.3 Å². The van der Waals surface area contributed by atoms with Gasteiger partial charge in [-0.25, -0.2) is 9.67 Å². The van der Waals surface area contributed by atoms with Crippen molar-refractivity contribution < 1.29 is 0 Å². The summed E-state index contributed by atoms with van der Waals surface area (Å²) in [7, 11) is 0. The molecule has 0 aliphatic carbocycles. The monoisotopic (exact) mass is 299 g/mol. The second kappa shape index (κ2) is 5.20. The van der Waals surface area contributed by atoms with Gasteiger partial charge >= 0.3 is 0 Å². The molecule has 1 aliphatic heterocycles. The lowest BCUT2D eigenvalue weighted by atomic mass is 10.1. The van der Waals surface area contributed by atoms with E-state index in [1.165, 1.54) is 16.0 Å². The molecule has 0 bridgehead atoms. The maximum absolute atomic E-state index is 4.43. The molecular weight excluding hydrogens is 282 g/mol. The van der Waals surface area contributed by atoms with Gasteiger partial charge in [0.15, 0.2) is 0 Å². The van der Waals surface area contributed by atoms with Gasteiger partial charge in [0.1, 0.15) is 0 Å². The molecule has 108 valence electrons. The van der Waals surface area contributed by atoms with E-state index in [9.17, 15) is 0 Å². The Balaban J connectivity index is 1.56. The van der Waals surface area contributed by atoms with Crippen molar-refractivity contribution in [2.24, 2.45) is 0 Å². The average Bonchev–Trinajstić information content (AvgIpc) is 3.11. The molecule has 0 fully saturated rings. The van der Waals surface area contributed by atoms with Gasteiger partial charge in [0.05, 0.1) is 34.2 Å². The Morgan fingerprint density at radius 2 is 2.19 bits per heavy atom. The molecule has 0 spiro atoms. The predicted octanol–water partition coefficient (Wildman–Crippen LogP) is 2.51. The number of hydrogen-bond acceptors (Lipinski definition) is 5. The van der Waals surface area contributed by atoms with Gasteiger partial charge in [-0.1, -0.05) is 11.3 Å². The highest BCUT2D eigenvalue weighted by Crippen LogP contribution is 2.26. The Kier molecular flexibility index (Phi) is 3.20. The van der Waals surface area contributed by atoms with E-state index >= 15 is 0 Å². The molecule has 1 unspecified atom stereocenters. The fourth-order valence-corrected chi connectivity index (χ4v) is 3.65. The first-order valence-electron chi connectivity index (χ1n) is 7.26. The van der Waals surface area contributed by atoms with E-state index in [4.69, 9.17) is 0 Å². The van der Waals surface area contributed by atoms with Gasteiger partial charge in [-0.05, 0) is 24.6 Å². The molecule has 1 aliphatic rings. The number of thiazole rings is 1. The second-order valence-electron chi connectivity index (χ2n) is 5.49. The highest BCUT2D eigenvalue weighted by molar-refractivity contribution is 7.16. The molecule has 0 amide bonds. The minimum Gasteiger partial charge on any atom is -0.294 e. The molecule has 0 saturated carbocycles. The zero-order chi connectivity index (χ0) is 14.2. The number of aromatic nitrogens is 4. The van der Waals surface area contributed by atoms with Crippen LogP contribution in [-0.4, -0.2) is 38.0 Å². The van der Waals surface area contributed by atoms with Gasteiger partial charge in [0.25, 0.3) is 0 Å². The SMILES string of the molecule is CC(c1ccc2scnc2c1)N1CCc2cnnn2CC1. The third kappa shape index (κ3) is 2.34. The first-order chi connectivity index (χ1) is 10.3. The van der Waals surface area contributed by atoms with Gasteiger partial charge in [-0.15, -0.1) is 16.4 Å². The van der Waals surface area contributed by atoms with Gasteiger partial charge in [0, 0.05) is 25.6 Å². The summed E-state index contributed by atoms with van der Waals surface area (Å²) < 4.78 is 3.28. The summed E-state index contributed by atoms with van der Waals surface area (Å²) >= 11 is 1.70. The fraction of sp³-hybridized carbons (Fsp3) is 0.400. The smallest absolute Gasteiger partial charge is 0.0815 e. The van der Waals surface area contributed by atoms with Crippen LogP contribution in [0.5, 0.6) is 0 Å². The predicted molar refractivity (Wildman–Crippen MR) is 83.3 cm³/mol. The molecule has 0 radical (unpaired) electrons. The minimum atomic E-state index is 0.397. The Labute approximate surface area is 127 Å². The van der Waals surface area contributed by atoms with E-state index in [1.807, 2.05) is 16.4 Å². The molecule has 2 aromatic heterocycles. The Morgan fingerprint density at radius 1 is 1.24 bits per heavy atom. The topological polar surface area (TPSA) is 46.8 Å². The van der Waals surface area contributed by atoms with Crippen molar-refractivity contribution >= 4 is 21.6 Å². The van der Waals surface area contributed by atoms with Gasteiger partial charge in [-0.3, -0.25) is 4.90 Å².